The van der Waals surface area contributed by atoms with Gasteiger partial charge in [0.25, 0.3) is 0 Å². The fraction of sp³-hybridized carbons (Fsp3) is 0.710. The van der Waals surface area contributed by atoms with Gasteiger partial charge >= 0.3 is 5.97 Å². The van der Waals surface area contributed by atoms with Crippen molar-refractivity contribution in [3.63, 3.8) is 0 Å². The van der Waals surface area contributed by atoms with Gasteiger partial charge in [-0.15, -0.1) is 0 Å². The van der Waals surface area contributed by atoms with Crippen LogP contribution in [0.5, 0.6) is 0 Å². The molecule has 0 aliphatic heterocycles. The van der Waals surface area contributed by atoms with Crippen molar-refractivity contribution in [1.29, 1.82) is 0 Å². The highest BCUT2D eigenvalue weighted by Gasteiger charge is 2.34. The maximum absolute atomic E-state index is 13.4. The Labute approximate surface area is 313 Å². The second-order valence-corrected chi connectivity index (χ2v) is 13.5. The molecule has 0 saturated heterocycles. The van der Waals surface area contributed by atoms with Gasteiger partial charge in [0.2, 0.25) is 41.4 Å². The molecule has 0 aromatic carbocycles. The monoisotopic (exact) mass is 775 g/mol. The second-order valence-electron chi connectivity index (χ2n) is 13.1. The second kappa shape index (κ2) is 24.5. The van der Waals surface area contributed by atoms with Crippen molar-refractivity contribution in [1.82, 2.24) is 31.9 Å². The number of hydrogen-bond acceptors (Lipinski definition) is 12. The number of hydrogen-bond donors (Lipinski definition) is 13. The number of rotatable bonds is 25. The molecular formula is C31H57N11O10S. The first kappa shape index (κ1) is 48.3. The molecule has 7 atom stereocenters. The van der Waals surface area contributed by atoms with E-state index in [0.717, 1.165) is 0 Å². The molecule has 0 spiro atoms. The molecule has 0 heterocycles. The summed E-state index contributed by atoms with van der Waals surface area (Å²) in [5.41, 5.74) is 21.5. The van der Waals surface area contributed by atoms with Gasteiger partial charge in [0.1, 0.15) is 24.2 Å². The van der Waals surface area contributed by atoms with Crippen LogP contribution < -0.4 is 54.8 Å². The standard InChI is InChI=1S/C31H57N11O10S/c1-14(2)11-19(27(48)41-23(15(3)4)29(50)42-24(16(5)43)30(51)52)39-28(49)20(13-53)40-26(47)18(7-6-10-36-31(34)35)38-22(45)12-37-25(46)17(32)8-9-21(33)44/h14-20,23-24,43,53H,6-13,32H2,1-5H3,(H2,33,44)(H,37,46)(H,38,45)(H,39,49)(H,40,47)(H,41,48)(H,42,50)(H,51,52)(H4,34,35,36)/t16-,17+,18+,19+,20+,23+,24+/m1/s1. The Kier molecular flexibility index (Phi) is 22.3. The Morgan fingerprint density at radius 1 is 0.717 bits per heavy atom. The van der Waals surface area contributed by atoms with E-state index < -0.39 is 102 Å². The summed E-state index contributed by atoms with van der Waals surface area (Å²) in [7, 11) is 0. The SMILES string of the molecule is CC(C)C[C@H](NC(=O)[C@H](CS)NC(=O)[C@H](CCCN=C(N)N)NC(=O)CNC(=O)[C@@H](N)CCC(N)=O)C(=O)N[C@H](C(=O)N[C@H](C(=O)O)[C@@H](C)O)C(C)C. The number of thiol groups is 1. The van der Waals surface area contributed by atoms with Crippen molar-refractivity contribution >= 4 is 65.9 Å². The molecule has 0 fully saturated rings. The van der Waals surface area contributed by atoms with Crippen molar-refractivity contribution in [3.05, 3.63) is 0 Å². The van der Waals surface area contributed by atoms with Crippen LogP contribution in [0.2, 0.25) is 0 Å². The number of carbonyl (C=O) groups excluding carboxylic acids is 7. The Bertz CT molecular complexity index is 1310. The molecule has 0 rings (SSSR count). The van der Waals surface area contributed by atoms with Gasteiger partial charge in [-0.3, -0.25) is 38.6 Å². The maximum atomic E-state index is 13.4. The summed E-state index contributed by atoms with van der Waals surface area (Å²) in [6, 6.07) is -7.77. The van der Waals surface area contributed by atoms with E-state index in [1.807, 2.05) is 0 Å². The summed E-state index contributed by atoms with van der Waals surface area (Å²) in [4.78, 5) is 104. The molecule has 7 amide bonds. The number of aliphatic hydroxyl groups excluding tert-OH is 1. The number of primary amides is 1. The summed E-state index contributed by atoms with van der Waals surface area (Å²) < 4.78 is 0. The van der Waals surface area contributed by atoms with E-state index in [4.69, 9.17) is 22.9 Å². The largest absolute Gasteiger partial charge is 0.480 e. The third-order valence-electron chi connectivity index (χ3n) is 7.51. The summed E-state index contributed by atoms with van der Waals surface area (Å²) >= 11 is 4.18. The first-order valence-corrected chi connectivity index (χ1v) is 17.6. The van der Waals surface area contributed by atoms with Gasteiger partial charge in [0.15, 0.2) is 12.0 Å². The van der Waals surface area contributed by atoms with Crippen molar-refractivity contribution in [2.75, 3.05) is 18.8 Å². The molecule has 302 valence electrons. The van der Waals surface area contributed by atoms with Gasteiger partial charge < -0.3 is 65.0 Å². The minimum absolute atomic E-state index is 0.00380. The van der Waals surface area contributed by atoms with Gasteiger partial charge in [-0.05, 0) is 44.4 Å². The van der Waals surface area contributed by atoms with Crippen LogP contribution in [0, 0.1) is 11.8 Å². The maximum Gasteiger partial charge on any atom is 0.328 e. The molecule has 0 aliphatic carbocycles. The summed E-state index contributed by atoms with van der Waals surface area (Å²) in [5, 5.41) is 33.7. The molecule has 0 radical (unpaired) electrons. The first-order valence-electron chi connectivity index (χ1n) is 17.0. The Balaban J connectivity index is 5.88. The van der Waals surface area contributed by atoms with E-state index in [9.17, 15) is 48.6 Å². The number of nitrogens with one attached hydrogen (secondary N) is 6. The van der Waals surface area contributed by atoms with Crippen LogP contribution in [-0.4, -0.2) is 125 Å². The summed E-state index contributed by atoms with van der Waals surface area (Å²) in [6.45, 7) is 7.48. The van der Waals surface area contributed by atoms with Crippen LogP contribution >= 0.6 is 12.6 Å². The van der Waals surface area contributed by atoms with E-state index in [2.05, 4.69) is 49.5 Å². The molecule has 21 nitrogen and oxygen atoms in total. The lowest BCUT2D eigenvalue weighted by molar-refractivity contribution is -0.145. The zero-order valence-corrected chi connectivity index (χ0v) is 31.6. The zero-order valence-electron chi connectivity index (χ0n) is 30.7. The number of aliphatic hydroxyl groups is 1. The van der Waals surface area contributed by atoms with Crippen molar-refractivity contribution in [2.45, 2.75) is 109 Å². The van der Waals surface area contributed by atoms with E-state index in [1.54, 1.807) is 27.7 Å². The number of aliphatic carboxylic acids is 1. The fourth-order valence-electron chi connectivity index (χ4n) is 4.61. The molecule has 0 unspecified atom stereocenters. The van der Waals surface area contributed by atoms with Gasteiger partial charge in [-0.25, -0.2) is 4.79 Å². The lowest BCUT2D eigenvalue weighted by atomic mass is 9.99. The Hall–Kier alpha value is -4.70. The predicted molar refractivity (Wildman–Crippen MR) is 196 cm³/mol. The van der Waals surface area contributed by atoms with Crippen LogP contribution in [0.1, 0.15) is 66.7 Å². The Morgan fingerprint density at radius 3 is 1.75 bits per heavy atom. The average molecular weight is 776 g/mol. The molecule has 0 aromatic rings. The molecular weight excluding hydrogens is 718 g/mol. The fourth-order valence-corrected chi connectivity index (χ4v) is 4.86. The first-order chi connectivity index (χ1) is 24.6. The number of guanidine groups is 1. The molecule has 53 heavy (non-hydrogen) atoms. The zero-order chi connectivity index (χ0) is 41.0. The Morgan fingerprint density at radius 2 is 1.26 bits per heavy atom. The van der Waals surface area contributed by atoms with E-state index in [-0.39, 0.29) is 56.3 Å². The molecule has 22 heteroatoms. The highest BCUT2D eigenvalue weighted by molar-refractivity contribution is 7.80. The van der Waals surface area contributed by atoms with E-state index in [0.29, 0.717) is 0 Å². The molecule has 0 aromatic heterocycles. The lowest BCUT2D eigenvalue weighted by Crippen LogP contribution is -2.61. The number of aliphatic imine (C=N–C) groups is 1. The predicted octanol–water partition coefficient (Wildman–Crippen LogP) is -4.73. The topological polar surface area (TPSA) is 366 Å². The van der Waals surface area contributed by atoms with Crippen molar-refractivity contribution in [3.8, 4) is 0 Å². The van der Waals surface area contributed by atoms with Crippen LogP contribution in [0.25, 0.3) is 0 Å². The number of carboxylic acids is 1. The van der Waals surface area contributed by atoms with Crippen LogP contribution in [0.3, 0.4) is 0 Å². The number of amides is 7. The molecule has 16 N–H and O–H groups in total. The minimum atomic E-state index is -1.64. The number of nitrogens with zero attached hydrogens (tertiary/aromatic N) is 1. The molecule has 0 saturated carbocycles. The third-order valence-corrected chi connectivity index (χ3v) is 7.87. The minimum Gasteiger partial charge on any atom is -0.480 e. The summed E-state index contributed by atoms with van der Waals surface area (Å²) in [6.07, 6.45) is -1.31. The van der Waals surface area contributed by atoms with E-state index in [1.165, 1.54) is 6.92 Å². The number of carboxylic acid groups (broad SMARTS) is 1. The van der Waals surface area contributed by atoms with Gasteiger partial charge in [-0.2, -0.15) is 12.6 Å². The lowest BCUT2D eigenvalue weighted by Gasteiger charge is -2.28. The van der Waals surface area contributed by atoms with Crippen LogP contribution in [0.4, 0.5) is 0 Å². The highest BCUT2D eigenvalue weighted by atomic mass is 32.1. The molecule has 0 bridgehead atoms. The third kappa shape index (κ3) is 19.6. The highest BCUT2D eigenvalue weighted by Crippen LogP contribution is 2.10. The summed E-state index contributed by atoms with van der Waals surface area (Å²) in [5.74, 6) is -8.02. The van der Waals surface area contributed by atoms with Gasteiger partial charge in [0.05, 0.1) is 18.7 Å². The van der Waals surface area contributed by atoms with Crippen molar-refractivity contribution in [2.24, 2.45) is 39.8 Å². The van der Waals surface area contributed by atoms with E-state index >= 15 is 0 Å². The quantitative estimate of drug-likeness (QED) is 0.0180. The number of nitrogens with two attached hydrogens (primary N) is 4. The smallest absolute Gasteiger partial charge is 0.328 e. The normalized spacial score (nSPS) is 15.0. The number of carbonyl (C=O) groups is 8. The van der Waals surface area contributed by atoms with Crippen LogP contribution in [-0.2, 0) is 38.4 Å². The molecule has 0 aliphatic rings. The van der Waals surface area contributed by atoms with Crippen LogP contribution in [0.15, 0.2) is 4.99 Å². The van der Waals surface area contributed by atoms with Crippen molar-refractivity contribution < 1.29 is 48.6 Å². The van der Waals surface area contributed by atoms with Gasteiger partial charge in [0, 0.05) is 18.7 Å². The average Bonchev–Trinajstić information content (AvgIpc) is 3.05. The van der Waals surface area contributed by atoms with Gasteiger partial charge in [-0.1, -0.05) is 27.7 Å².